The van der Waals surface area contributed by atoms with Crippen molar-refractivity contribution >= 4 is 39.6 Å². The maximum absolute atomic E-state index is 14.4. The molecule has 5 N–H and O–H groups in total. The van der Waals surface area contributed by atoms with Gasteiger partial charge in [0.2, 0.25) is 33.7 Å². The number of nitrogens with two attached hydrogens (primary N) is 1. The highest BCUT2D eigenvalue weighted by atomic mass is 32.2. The fourth-order valence-electron chi connectivity index (χ4n) is 9.80. The van der Waals surface area contributed by atoms with Crippen LogP contribution in [0, 0.1) is 23.7 Å². The Labute approximate surface area is 363 Å². The van der Waals surface area contributed by atoms with Crippen molar-refractivity contribution in [2.45, 2.75) is 141 Å². The number of methoxy groups -OCH3 is 2. The summed E-state index contributed by atoms with van der Waals surface area (Å²) in [5.74, 6) is -3.11. The lowest BCUT2D eigenvalue weighted by molar-refractivity contribution is -0.148. The van der Waals surface area contributed by atoms with E-state index in [4.69, 9.17) is 15.2 Å². The van der Waals surface area contributed by atoms with Crippen LogP contribution in [0.3, 0.4) is 0 Å². The molecule has 4 rings (SSSR count). The van der Waals surface area contributed by atoms with E-state index in [1.165, 1.54) is 14.2 Å². The lowest BCUT2D eigenvalue weighted by atomic mass is 9.89. The van der Waals surface area contributed by atoms with Crippen LogP contribution in [0.15, 0.2) is 30.3 Å². The van der Waals surface area contributed by atoms with Crippen molar-refractivity contribution in [3.8, 4) is 0 Å². The number of rotatable bonds is 23. The summed E-state index contributed by atoms with van der Waals surface area (Å²) in [5, 5.41) is 5.88. The predicted molar refractivity (Wildman–Crippen MR) is 233 cm³/mol. The number of ether oxygens (including phenoxy) is 2. The molecule has 16 nitrogen and oxygen atoms in total. The third kappa shape index (κ3) is 12.5. The summed E-state index contributed by atoms with van der Waals surface area (Å²) in [6, 6.07) is 6.14. The van der Waals surface area contributed by atoms with Crippen LogP contribution in [0.5, 0.6) is 0 Å². The van der Waals surface area contributed by atoms with E-state index in [9.17, 15) is 32.4 Å². The van der Waals surface area contributed by atoms with Gasteiger partial charge in [-0.3, -0.25) is 33.6 Å². The Hall–Kier alpha value is -3.64. The number of likely N-dealkylation sites (tertiary alicyclic amines) is 2. The predicted octanol–water partition coefficient (Wildman–Crippen LogP) is 2.05. The van der Waals surface area contributed by atoms with Gasteiger partial charge in [-0.25, -0.2) is 8.42 Å². The molecule has 1 aromatic rings. The van der Waals surface area contributed by atoms with Gasteiger partial charge in [0.25, 0.3) is 5.91 Å². The van der Waals surface area contributed by atoms with Gasteiger partial charge in [-0.2, -0.15) is 0 Å². The third-order valence-corrected chi connectivity index (χ3v) is 14.8. The molecular formula is C44H73N7O9S. The fourth-order valence-corrected chi connectivity index (χ4v) is 10.9. The number of carbonyl (C=O) groups is 5. The first-order valence-corrected chi connectivity index (χ1v) is 23.8. The van der Waals surface area contributed by atoms with Gasteiger partial charge in [-0.05, 0) is 75.4 Å². The standard InChI is InChI=1S/C44H73N7O9S/c1-10-28(4)38(50(7)44(56)37(27(2)3)47-43(55)39-31-19-20-32(25-31)49(39)6)35(59-8)26-36(52)51-22-14-18-34(51)40(60-9)29(5)41(53)46-33(24-30-16-12-11-13-17-30)42(54)48-61(57,58)23-15-21-45/h11-13,16-17,27-29,31-35,37-40H,10,14-15,18-26,45H2,1-9H3,(H,46,53)(H,47,55)(H,48,54)/t28-,29+,31-,32+,33-,34-,35+,37-,38-,39-,40+/m0/s1. The minimum atomic E-state index is -3.99. The van der Waals surface area contributed by atoms with Crippen LogP contribution in [-0.4, -0.2) is 148 Å². The maximum atomic E-state index is 14.4. The van der Waals surface area contributed by atoms with Crippen molar-refractivity contribution in [2.75, 3.05) is 47.2 Å². The Bertz CT molecular complexity index is 1750. The Morgan fingerprint density at radius 3 is 2.23 bits per heavy atom. The first kappa shape index (κ1) is 50.0. The van der Waals surface area contributed by atoms with Crippen molar-refractivity contribution in [2.24, 2.45) is 29.4 Å². The summed E-state index contributed by atoms with van der Waals surface area (Å²) >= 11 is 0. The fraction of sp³-hybridized carbons (Fsp3) is 0.750. The van der Waals surface area contributed by atoms with Crippen LogP contribution in [-0.2, 0) is 49.9 Å². The van der Waals surface area contributed by atoms with E-state index in [-0.39, 0.29) is 73.1 Å². The van der Waals surface area contributed by atoms with E-state index in [0.29, 0.717) is 31.8 Å². The number of nitrogens with one attached hydrogen (secondary N) is 3. The van der Waals surface area contributed by atoms with Gasteiger partial charge in [0.05, 0.1) is 48.4 Å². The Morgan fingerprint density at radius 1 is 0.967 bits per heavy atom. The second kappa shape index (κ2) is 22.6. The van der Waals surface area contributed by atoms with Gasteiger partial charge in [-0.15, -0.1) is 0 Å². The van der Waals surface area contributed by atoms with Gasteiger partial charge in [0.1, 0.15) is 12.1 Å². The monoisotopic (exact) mass is 876 g/mol. The average molecular weight is 876 g/mol. The number of benzene rings is 1. The highest BCUT2D eigenvalue weighted by molar-refractivity contribution is 7.90. The summed E-state index contributed by atoms with van der Waals surface area (Å²) in [6.07, 6.45) is 3.77. The zero-order valence-corrected chi connectivity index (χ0v) is 38.6. The van der Waals surface area contributed by atoms with E-state index in [2.05, 4.69) is 20.3 Å². The molecule has 1 aliphatic carbocycles. The van der Waals surface area contributed by atoms with E-state index in [0.717, 1.165) is 24.8 Å². The minimum Gasteiger partial charge on any atom is -0.379 e. The number of nitrogens with zero attached hydrogens (tertiary/aromatic N) is 3. The number of likely N-dealkylation sites (N-methyl/N-ethyl adjacent to an activating group) is 2. The van der Waals surface area contributed by atoms with Crippen LogP contribution in [0.4, 0.5) is 0 Å². The maximum Gasteiger partial charge on any atom is 0.256 e. The first-order valence-electron chi connectivity index (χ1n) is 22.1. The number of piperidine rings is 1. The van der Waals surface area contributed by atoms with E-state index in [1.807, 2.05) is 40.8 Å². The molecule has 0 radical (unpaired) electrons. The van der Waals surface area contributed by atoms with Crippen LogP contribution < -0.4 is 21.1 Å². The minimum absolute atomic E-state index is 0.0385. The lowest BCUT2D eigenvalue weighted by Gasteiger charge is -2.41. The molecule has 2 aliphatic heterocycles. The SMILES string of the molecule is CC[C@H](C)[C@@H]([C@@H](CC(=O)N1CCC[C@H]1[C@H](OC)[C@@H](C)C(=O)N[C@@H](Cc1ccccc1)C(=O)NS(=O)(=O)CCCN)OC)N(C)C(=O)[C@@H](NC(=O)[C@@H]1[C@H]2CC[C@H](C2)N1C)C(C)C. The molecule has 3 aliphatic rings. The highest BCUT2D eigenvalue weighted by Crippen LogP contribution is 2.41. The van der Waals surface area contributed by atoms with E-state index < -0.39 is 64.1 Å². The van der Waals surface area contributed by atoms with Crippen LogP contribution >= 0.6 is 0 Å². The molecule has 2 bridgehead atoms. The molecule has 2 saturated heterocycles. The zero-order valence-electron chi connectivity index (χ0n) is 37.8. The van der Waals surface area contributed by atoms with E-state index >= 15 is 0 Å². The van der Waals surface area contributed by atoms with Crippen LogP contribution in [0.1, 0.15) is 91.5 Å². The molecule has 0 aromatic heterocycles. The molecule has 1 saturated carbocycles. The number of hydrogen-bond donors (Lipinski definition) is 4. The van der Waals surface area contributed by atoms with Crippen LogP contribution in [0.25, 0.3) is 0 Å². The molecule has 0 unspecified atom stereocenters. The molecule has 344 valence electrons. The molecule has 2 heterocycles. The second-order valence-corrected chi connectivity index (χ2v) is 19.7. The average Bonchev–Trinajstić information content (AvgIpc) is 3.99. The second-order valence-electron chi connectivity index (χ2n) is 17.8. The summed E-state index contributed by atoms with van der Waals surface area (Å²) in [4.78, 5) is 75.3. The van der Waals surface area contributed by atoms with Gasteiger partial charge in [-0.1, -0.05) is 71.4 Å². The number of sulfonamides is 1. The quantitative estimate of drug-likeness (QED) is 0.125. The van der Waals surface area contributed by atoms with Crippen molar-refractivity contribution < 1.29 is 41.9 Å². The summed E-state index contributed by atoms with van der Waals surface area (Å²) in [5.41, 5.74) is 6.21. The molecular weight excluding hydrogens is 803 g/mol. The first-order chi connectivity index (χ1) is 28.9. The Morgan fingerprint density at radius 2 is 1.66 bits per heavy atom. The molecule has 0 spiro atoms. The van der Waals surface area contributed by atoms with Crippen molar-refractivity contribution in [1.29, 1.82) is 0 Å². The van der Waals surface area contributed by atoms with Gasteiger partial charge >= 0.3 is 0 Å². The van der Waals surface area contributed by atoms with Gasteiger partial charge in [0, 0.05) is 40.3 Å². The zero-order chi connectivity index (χ0) is 45.2. The molecule has 11 atom stereocenters. The van der Waals surface area contributed by atoms with Crippen LogP contribution in [0.2, 0.25) is 0 Å². The van der Waals surface area contributed by atoms with Crippen molar-refractivity contribution in [3.63, 3.8) is 0 Å². The van der Waals surface area contributed by atoms with Gasteiger partial charge < -0.3 is 35.6 Å². The number of hydrogen-bond acceptors (Lipinski definition) is 11. The summed E-state index contributed by atoms with van der Waals surface area (Å²) in [6.45, 7) is 10.1. The third-order valence-electron chi connectivity index (χ3n) is 13.5. The summed E-state index contributed by atoms with van der Waals surface area (Å²) < 4.78 is 39.4. The largest absolute Gasteiger partial charge is 0.379 e. The molecule has 5 amide bonds. The molecule has 61 heavy (non-hydrogen) atoms. The Kier molecular flexibility index (Phi) is 18.6. The molecule has 1 aromatic carbocycles. The number of amides is 5. The smallest absolute Gasteiger partial charge is 0.256 e. The van der Waals surface area contributed by atoms with Crippen molar-refractivity contribution in [3.05, 3.63) is 35.9 Å². The lowest BCUT2D eigenvalue weighted by Crippen LogP contribution is -2.60. The van der Waals surface area contributed by atoms with Gasteiger partial charge in [0.15, 0.2) is 0 Å². The molecule has 3 fully saturated rings. The number of fused-ring (bicyclic) bond motifs is 2. The molecule has 17 heteroatoms. The topological polar surface area (TPSA) is 210 Å². The Balaban J connectivity index is 1.48. The van der Waals surface area contributed by atoms with Crippen molar-refractivity contribution in [1.82, 2.24) is 30.1 Å². The summed E-state index contributed by atoms with van der Waals surface area (Å²) in [7, 11) is 2.74. The van der Waals surface area contributed by atoms with E-state index in [1.54, 1.807) is 48.0 Å². The highest BCUT2D eigenvalue weighted by Gasteiger charge is 2.49. The normalized spacial score (nSPS) is 23.8. The number of carbonyl (C=O) groups excluding carboxylic acids is 5.